The van der Waals surface area contributed by atoms with Gasteiger partial charge in [0.15, 0.2) is 0 Å². The molecule has 7 nitrogen and oxygen atoms in total. The number of allylic oxidation sites excluding steroid dienone is 2. The number of hydrogen-bond acceptors (Lipinski definition) is 5. The van der Waals surface area contributed by atoms with Crippen LogP contribution in [0.5, 0.6) is 0 Å². The number of rotatable bonds is 32. The Balaban J connectivity index is 4.25. The van der Waals surface area contributed by atoms with Crippen molar-refractivity contribution in [2.24, 2.45) is 5.73 Å². The number of amides is 1. The molecule has 0 radical (unpaired) electrons. The molecular weight excluding hydrogens is 540 g/mol. The van der Waals surface area contributed by atoms with E-state index < -0.39 is 12.0 Å². The lowest BCUT2D eigenvalue weighted by Crippen LogP contribution is -2.40. The van der Waals surface area contributed by atoms with E-state index in [0.29, 0.717) is 32.2 Å². The summed E-state index contributed by atoms with van der Waals surface area (Å²) in [6, 6.07) is -0.852. The van der Waals surface area contributed by atoms with Gasteiger partial charge in [0.2, 0.25) is 5.91 Å². The second-order valence-corrected chi connectivity index (χ2v) is 12.3. The Kier molecular flexibility index (Phi) is 30.1. The molecule has 43 heavy (non-hydrogen) atoms. The van der Waals surface area contributed by atoms with Crippen molar-refractivity contribution < 1.29 is 24.2 Å². The molecule has 0 aliphatic heterocycles. The molecule has 4 N–H and O–H groups in total. The maximum absolute atomic E-state index is 12.6. The first-order chi connectivity index (χ1) is 20.9. The molecule has 0 aromatic heterocycles. The number of ether oxygens (including phenoxy) is 1. The van der Waals surface area contributed by atoms with Crippen LogP contribution in [0.4, 0.5) is 0 Å². The van der Waals surface area contributed by atoms with E-state index >= 15 is 0 Å². The third-order valence-electron chi connectivity index (χ3n) is 8.06. The lowest BCUT2D eigenvalue weighted by atomic mass is 10.0. The van der Waals surface area contributed by atoms with Gasteiger partial charge in [0.25, 0.3) is 0 Å². The summed E-state index contributed by atoms with van der Waals surface area (Å²) in [6.07, 6.45) is 31.1. The fourth-order valence-electron chi connectivity index (χ4n) is 5.33. The van der Waals surface area contributed by atoms with E-state index in [0.717, 1.165) is 64.2 Å². The van der Waals surface area contributed by atoms with E-state index in [4.69, 9.17) is 10.5 Å². The van der Waals surface area contributed by atoms with Gasteiger partial charge in [-0.25, -0.2) is 4.79 Å². The van der Waals surface area contributed by atoms with Gasteiger partial charge in [0.1, 0.15) is 12.1 Å². The lowest BCUT2D eigenvalue weighted by molar-refractivity contribution is -0.150. The summed E-state index contributed by atoms with van der Waals surface area (Å²) in [5.41, 5.74) is 5.46. The number of carboxylic acid groups (broad SMARTS) is 1. The number of nitrogens with two attached hydrogens (primary N) is 1. The van der Waals surface area contributed by atoms with Crippen LogP contribution in [0.3, 0.4) is 0 Å². The van der Waals surface area contributed by atoms with Crippen LogP contribution in [-0.4, -0.2) is 41.6 Å². The molecule has 2 atom stereocenters. The highest BCUT2D eigenvalue weighted by atomic mass is 16.5. The zero-order valence-corrected chi connectivity index (χ0v) is 28.1. The number of esters is 1. The predicted molar refractivity (Wildman–Crippen MR) is 179 cm³/mol. The summed E-state index contributed by atoms with van der Waals surface area (Å²) in [5.74, 6) is -1.24. The standard InChI is InChI=1S/C36H68N2O5/c1-3-5-7-9-11-12-13-15-20-24-30-35(40)43-32(26-21-17-14-10-8-6-4-2)27-22-18-16-19-23-29-34(39)38-33(36(41)42)28-25-31-37/h7,9,32-33H,3-6,8,10-31,37H2,1-2H3,(H,38,39)(H,41,42)/b9-7-. The Morgan fingerprint density at radius 3 is 1.77 bits per heavy atom. The van der Waals surface area contributed by atoms with Crippen molar-refractivity contribution in [2.75, 3.05) is 6.54 Å². The van der Waals surface area contributed by atoms with Crippen molar-refractivity contribution in [3.8, 4) is 0 Å². The molecule has 0 rings (SSSR count). The normalized spacial score (nSPS) is 12.8. The summed E-state index contributed by atoms with van der Waals surface area (Å²) in [7, 11) is 0. The molecule has 252 valence electrons. The summed E-state index contributed by atoms with van der Waals surface area (Å²) in [6.45, 7) is 4.86. The number of carboxylic acids is 1. The van der Waals surface area contributed by atoms with Crippen molar-refractivity contribution in [3.63, 3.8) is 0 Å². The van der Waals surface area contributed by atoms with Crippen molar-refractivity contribution in [2.45, 2.75) is 193 Å². The van der Waals surface area contributed by atoms with Crippen LogP contribution in [0.1, 0.15) is 181 Å². The number of nitrogens with one attached hydrogen (secondary N) is 1. The molecule has 0 bridgehead atoms. The molecule has 0 saturated carbocycles. The topological polar surface area (TPSA) is 119 Å². The summed E-state index contributed by atoms with van der Waals surface area (Å²) >= 11 is 0. The highest BCUT2D eigenvalue weighted by Gasteiger charge is 2.19. The smallest absolute Gasteiger partial charge is 0.326 e. The van der Waals surface area contributed by atoms with Gasteiger partial charge >= 0.3 is 11.9 Å². The van der Waals surface area contributed by atoms with E-state index in [2.05, 4.69) is 31.3 Å². The van der Waals surface area contributed by atoms with Crippen LogP contribution in [0, 0.1) is 0 Å². The third kappa shape index (κ3) is 28.6. The van der Waals surface area contributed by atoms with Gasteiger partial charge in [-0.1, -0.05) is 109 Å². The van der Waals surface area contributed by atoms with E-state index in [1.165, 1.54) is 77.0 Å². The zero-order valence-electron chi connectivity index (χ0n) is 28.1. The van der Waals surface area contributed by atoms with Gasteiger partial charge < -0.3 is 20.9 Å². The van der Waals surface area contributed by atoms with Gasteiger partial charge in [-0.3, -0.25) is 9.59 Å². The average Bonchev–Trinajstić information content (AvgIpc) is 2.98. The maximum atomic E-state index is 12.6. The molecule has 2 unspecified atom stereocenters. The molecule has 0 spiro atoms. The number of unbranched alkanes of at least 4 members (excludes halogenated alkanes) is 16. The van der Waals surface area contributed by atoms with Crippen molar-refractivity contribution in [1.29, 1.82) is 0 Å². The van der Waals surface area contributed by atoms with Crippen LogP contribution >= 0.6 is 0 Å². The van der Waals surface area contributed by atoms with Gasteiger partial charge in [-0.2, -0.15) is 0 Å². The second kappa shape index (κ2) is 31.5. The lowest BCUT2D eigenvalue weighted by Gasteiger charge is -2.18. The first-order valence-electron chi connectivity index (χ1n) is 18.0. The minimum Gasteiger partial charge on any atom is -0.480 e. The first kappa shape index (κ1) is 41.1. The van der Waals surface area contributed by atoms with E-state index in [1.54, 1.807) is 0 Å². The number of carbonyl (C=O) groups is 3. The average molecular weight is 609 g/mol. The predicted octanol–water partition coefficient (Wildman–Crippen LogP) is 9.16. The SMILES string of the molecule is CCC/C=C\CCCCCCCC(=O)OC(CCCCCCCCC)CCCCCCCC(=O)NC(CCCN)C(=O)O. The van der Waals surface area contributed by atoms with Gasteiger partial charge in [0, 0.05) is 12.8 Å². The summed E-state index contributed by atoms with van der Waals surface area (Å²) in [4.78, 5) is 36.0. The van der Waals surface area contributed by atoms with E-state index in [9.17, 15) is 19.5 Å². The Hall–Kier alpha value is -1.89. The highest BCUT2D eigenvalue weighted by molar-refractivity contribution is 5.83. The van der Waals surface area contributed by atoms with Gasteiger partial charge in [-0.15, -0.1) is 0 Å². The van der Waals surface area contributed by atoms with E-state index in [-0.39, 0.29) is 18.0 Å². The fraction of sp³-hybridized carbons (Fsp3) is 0.861. The minimum atomic E-state index is -1.00. The van der Waals surface area contributed by atoms with Crippen LogP contribution in [-0.2, 0) is 19.1 Å². The Bertz CT molecular complexity index is 697. The first-order valence-corrected chi connectivity index (χ1v) is 18.0. The minimum absolute atomic E-state index is 0.0188. The van der Waals surface area contributed by atoms with Crippen LogP contribution in [0.15, 0.2) is 12.2 Å². The largest absolute Gasteiger partial charge is 0.480 e. The molecule has 0 aromatic carbocycles. The molecule has 0 saturated heterocycles. The molecule has 1 amide bonds. The van der Waals surface area contributed by atoms with Crippen LogP contribution < -0.4 is 11.1 Å². The van der Waals surface area contributed by atoms with E-state index in [1.807, 2.05) is 0 Å². The Morgan fingerprint density at radius 1 is 0.651 bits per heavy atom. The summed E-state index contributed by atoms with van der Waals surface area (Å²) < 4.78 is 5.96. The number of carbonyl (C=O) groups excluding carboxylic acids is 2. The highest BCUT2D eigenvalue weighted by Crippen LogP contribution is 2.18. The van der Waals surface area contributed by atoms with Crippen molar-refractivity contribution >= 4 is 17.8 Å². The molecule has 0 fully saturated rings. The molecule has 0 aliphatic carbocycles. The van der Waals surface area contributed by atoms with Crippen LogP contribution in [0.2, 0.25) is 0 Å². The fourth-order valence-corrected chi connectivity index (χ4v) is 5.33. The second-order valence-electron chi connectivity index (χ2n) is 12.3. The van der Waals surface area contributed by atoms with Gasteiger partial charge in [-0.05, 0) is 77.2 Å². The zero-order chi connectivity index (χ0) is 31.8. The maximum Gasteiger partial charge on any atom is 0.326 e. The molecule has 0 aliphatic rings. The third-order valence-corrected chi connectivity index (χ3v) is 8.06. The Morgan fingerprint density at radius 2 is 1.19 bits per heavy atom. The Labute approximate surface area is 264 Å². The van der Waals surface area contributed by atoms with Crippen molar-refractivity contribution in [3.05, 3.63) is 12.2 Å². The number of hydrogen-bond donors (Lipinski definition) is 3. The summed E-state index contributed by atoms with van der Waals surface area (Å²) in [5, 5.41) is 11.9. The monoisotopic (exact) mass is 609 g/mol. The molecular formula is C36H68N2O5. The van der Waals surface area contributed by atoms with Crippen molar-refractivity contribution in [1.82, 2.24) is 5.32 Å². The molecule has 7 heteroatoms. The quantitative estimate of drug-likeness (QED) is 0.0398. The molecule has 0 aromatic rings. The van der Waals surface area contributed by atoms with Gasteiger partial charge in [0.05, 0.1) is 0 Å². The van der Waals surface area contributed by atoms with Crippen LogP contribution in [0.25, 0.3) is 0 Å². The molecule has 0 heterocycles. The number of aliphatic carboxylic acids is 1.